The molecule has 0 radical (unpaired) electrons. The molecule has 2 aromatic heterocycles. The van der Waals surface area contributed by atoms with Gasteiger partial charge in [-0.3, -0.25) is 14.9 Å². The zero-order chi connectivity index (χ0) is 14.7. The Kier molecular flexibility index (Phi) is 3.76. The van der Waals surface area contributed by atoms with Gasteiger partial charge < -0.3 is 9.80 Å². The van der Waals surface area contributed by atoms with E-state index in [-0.39, 0.29) is 11.7 Å². The maximum Gasteiger partial charge on any atom is 0.293 e. The Morgan fingerprint density at radius 2 is 2.10 bits per heavy atom. The standard InChI is InChI=1S/C13H17N7O/c1-2-10-16-12(18-17-10)13(21)20-7-5-19(6-8-20)11-9-14-3-4-15-11/h3-4,9H,2,5-8H2,1H3,(H,16,17,18). The number of aryl methyl sites for hydroxylation is 1. The Labute approximate surface area is 122 Å². The predicted molar refractivity (Wildman–Crippen MR) is 75.9 cm³/mol. The lowest BCUT2D eigenvalue weighted by Crippen LogP contribution is -2.49. The summed E-state index contributed by atoms with van der Waals surface area (Å²) in [6.45, 7) is 4.69. The number of nitrogens with zero attached hydrogens (tertiary/aromatic N) is 6. The molecule has 8 heteroatoms. The van der Waals surface area contributed by atoms with Crippen LogP contribution in [0.25, 0.3) is 0 Å². The molecule has 1 saturated heterocycles. The lowest BCUT2D eigenvalue weighted by Gasteiger charge is -2.34. The third-order valence-electron chi connectivity index (χ3n) is 3.50. The number of H-pyrrole nitrogens is 1. The molecular formula is C13H17N7O. The Bertz CT molecular complexity index is 604. The molecule has 0 aromatic carbocycles. The topological polar surface area (TPSA) is 90.9 Å². The van der Waals surface area contributed by atoms with Crippen LogP contribution in [0.5, 0.6) is 0 Å². The monoisotopic (exact) mass is 287 g/mol. The summed E-state index contributed by atoms with van der Waals surface area (Å²) < 4.78 is 0. The Morgan fingerprint density at radius 1 is 1.29 bits per heavy atom. The predicted octanol–water partition coefficient (Wildman–Crippen LogP) is 0.119. The number of piperazine rings is 1. The number of carbonyl (C=O) groups is 1. The normalized spacial score (nSPS) is 15.3. The summed E-state index contributed by atoms with van der Waals surface area (Å²) in [7, 11) is 0. The van der Waals surface area contributed by atoms with Crippen LogP contribution >= 0.6 is 0 Å². The van der Waals surface area contributed by atoms with Crippen LogP contribution in [-0.2, 0) is 6.42 Å². The largest absolute Gasteiger partial charge is 0.352 e. The van der Waals surface area contributed by atoms with Gasteiger partial charge in [0, 0.05) is 45.0 Å². The fraction of sp³-hybridized carbons (Fsp3) is 0.462. The summed E-state index contributed by atoms with van der Waals surface area (Å²) in [5.74, 6) is 1.71. The lowest BCUT2D eigenvalue weighted by molar-refractivity contribution is 0.0734. The zero-order valence-corrected chi connectivity index (χ0v) is 11.9. The Morgan fingerprint density at radius 3 is 2.71 bits per heavy atom. The first kappa shape index (κ1) is 13.5. The van der Waals surface area contributed by atoms with E-state index in [9.17, 15) is 4.79 Å². The van der Waals surface area contributed by atoms with Crippen molar-refractivity contribution in [3.63, 3.8) is 0 Å². The van der Waals surface area contributed by atoms with E-state index in [4.69, 9.17) is 0 Å². The van der Waals surface area contributed by atoms with Crippen molar-refractivity contribution in [1.82, 2.24) is 30.0 Å². The van der Waals surface area contributed by atoms with E-state index in [1.807, 2.05) is 6.92 Å². The molecular weight excluding hydrogens is 270 g/mol. The fourth-order valence-corrected chi connectivity index (χ4v) is 2.28. The van der Waals surface area contributed by atoms with E-state index in [0.29, 0.717) is 13.1 Å². The molecule has 1 aliphatic heterocycles. The number of aromatic nitrogens is 5. The first-order valence-electron chi connectivity index (χ1n) is 6.99. The Balaban J connectivity index is 1.61. The number of nitrogens with one attached hydrogen (secondary N) is 1. The van der Waals surface area contributed by atoms with Crippen LogP contribution in [0.4, 0.5) is 5.82 Å². The van der Waals surface area contributed by atoms with Gasteiger partial charge in [-0.2, -0.15) is 0 Å². The van der Waals surface area contributed by atoms with E-state index in [2.05, 4.69) is 30.0 Å². The zero-order valence-electron chi connectivity index (χ0n) is 11.9. The number of amides is 1. The van der Waals surface area contributed by atoms with Crippen molar-refractivity contribution in [2.45, 2.75) is 13.3 Å². The molecule has 8 nitrogen and oxygen atoms in total. The summed E-state index contributed by atoms with van der Waals surface area (Å²) >= 11 is 0. The van der Waals surface area contributed by atoms with E-state index in [1.54, 1.807) is 23.5 Å². The number of anilines is 1. The van der Waals surface area contributed by atoms with Crippen LogP contribution in [0, 0.1) is 0 Å². The van der Waals surface area contributed by atoms with Crippen molar-refractivity contribution >= 4 is 11.7 Å². The molecule has 0 bridgehead atoms. The maximum absolute atomic E-state index is 12.3. The van der Waals surface area contributed by atoms with E-state index in [1.165, 1.54) is 0 Å². The summed E-state index contributed by atoms with van der Waals surface area (Å²) in [6.07, 6.45) is 5.80. The smallest absolute Gasteiger partial charge is 0.293 e. The summed E-state index contributed by atoms with van der Waals surface area (Å²) in [5.41, 5.74) is 0. The second-order valence-electron chi connectivity index (χ2n) is 4.80. The maximum atomic E-state index is 12.3. The average Bonchev–Trinajstić information content (AvgIpc) is 3.04. The molecule has 1 fully saturated rings. The summed E-state index contributed by atoms with van der Waals surface area (Å²) in [5, 5.41) is 6.75. The van der Waals surface area contributed by atoms with Crippen molar-refractivity contribution in [1.29, 1.82) is 0 Å². The quantitative estimate of drug-likeness (QED) is 0.862. The van der Waals surface area contributed by atoms with Gasteiger partial charge in [0.25, 0.3) is 5.91 Å². The van der Waals surface area contributed by atoms with E-state index in [0.717, 1.165) is 31.2 Å². The molecule has 0 atom stereocenters. The number of carbonyl (C=O) groups excluding carboxylic acids is 1. The van der Waals surface area contributed by atoms with Gasteiger partial charge >= 0.3 is 0 Å². The van der Waals surface area contributed by atoms with Crippen molar-refractivity contribution in [3.05, 3.63) is 30.2 Å². The SMILES string of the molecule is CCc1nc(C(=O)N2CCN(c3cnccn3)CC2)n[nH]1. The average molecular weight is 287 g/mol. The van der Waals surface area contributed by atoms with Crippen LogP contribution in [0.15, 0.2) is 18.6 Å². The first-order valence-corrected chi connectivity index (χ1v) is 6.99. The second-order valence-corrected chi connectivity index (χ2v) is 4.80. The highest BCUT2D eigenvalue weighted by atomic mass is 16.2. The van der Waals surface area contributed by atoms with Gasteiger partial charge in [-0.25, -0.2) is 9.97 Å². The van der Waals surface area contributed by atoms with Crippen LogP contribution in [0.1, 0.15) is 23.4 Å². The van der Waals surface area contributed by atoms with Gasteiger partial charge in [-0.1, -0.05) is 6.92 Å². The van der Waals surface area contributed by atoms with Crippen molar-refractivity contribution in [2.24, 2.45) is 0 Å². The minimum atomic E-state index is -0.121. The minimum Gasteiger partial charge on any atom is -0.352 e. The highest BCUT2D eigenvalue weighted by Gasteiger charge is 2.25. The van der Waals surface area contributed by atoms with Crippen molar-refractivity contribution in [2.75, 3.05) is 31.1 Å². The van der Waals surface area contributed by atoms with Gasteiger partial charge in [0.1, 0.15) is 11.6 Å². The number of rotatable bonds is 3. The number of hydrogen-bond donors (Lipinski definition) is 1. The van der Waals surface area contributed by atoms with E-state index >= 15 is 0 Å². The minimum absolute atomic E-state index is 0.121. The van der Waals surface area contributed by atoms with Crippen molar-refractivity contribution < 1.29 is 4.79 Å². The third kappa shape index (κ3) is 2.83. The molecule has 2 aromatic rings. The van der Waals surface area contributed by atoms with Gasteiger partial charge in [0.15, 0.2) is 0 Å². The number of aromatic amines is 1. The van der Waals surface area contributed by atoms with Gasteiger partial charge in [0.05, 0.1) is 6.20 Å². The molecule has 1 amide bonds. The highest BCUT2D eigenvalue weighted by molar-refractivity contribution is 5.90. The van der Waals surface area contributed by atoms with E-state index < -0.39 is 0 Å². The van der Waals surface area contributed by atoms with Gasteiger partial charge in [-0.05, 0) is 0 Å². The summed E-state index contributed by atoms with van der Waals surface area (Å²) in [6, 6.07) is 0. The third-order valence-corrected chi connectivity index (χ3v) is 3.50. The lowest BCUT2D eigenvalue weighted by atomic mass is 10.3. The second kappa shape index (κ2) is 5.86. The highest BCUT2D eigenvalue weighted by Crippen LogP contribution is 2.12. The molecule has 0 unspecified atom stereocenters. The molecule has 1 aliphatic rings. The molecule has 0 aliphatic carbocycles. The van der Waals surface area contributed by atoms with Gasteiger partial charge in [-0.15, -0.1) is 5.10 Å². The molecule has 3 heterocycles. The van der Waals surface area contributed by atoms with Gasteiger partial charge in [0.2, 0.25) is 5.82 Å². The van der Waals surface area contributed by atoms with Crippen LogP contribution in [-0.4, -0.2) is 62.1 Å². The van der Waals surface area contributed by atoms with Crippen LogP contribution < -0.4 is 4.90 Å². The molecule has 0 spiro atoms. The fourth-order valence-electron chi connectivity index (χ4n) is 2.28. The Hall–Kier alpha value is -2.51. The molecule has 0 saturated carbocycles. The summed E-state index contributed by atoms with van der Waals surface area (Å²) in [4.78, 5) is 28.7. The number of hydrogen-bond acceptors (Lipinski definition) is 6. The molecule has 3 rings (SSSR count). The molecule has 21 heavy (non-hydrogen) atoms. The van der Waals surface area contributed by atoms with Crippen LogP contribution in [0.3, 0.4) is 0 Å². The molecule has 1 N–H and O–H groups in total. The van der Waals surface area contributed by atoms with Crippen molar-refractivity contribution in [3.8, 4) is 0 Å². The molecule has 110 valence electrons. The van der Waals surface area contributed by atoms with Crippen LogP contribution in [0.2, 0.25) is 0 Å². The first-order chi connectivity index (χ1) is 10.3.